The van der Waals surface area contributed by atoms with Crippen LogP contribution in [-0.2, 0) is 21.7 Å². The first kappa shape index (κ1) is 19.2. The molecule has 0 aliphatic rings. The van der Waals surface area contributed by atoms with Crippen molar-refractivity contribution in [3.63, 3.8) is 0 Å². The molecule has 0 atom stereocenters. The summed E-state index contributed by atoms with van der Waals surface area (Å²) in [7, 11) is -1.51. The number of benzene rings is 1. The number of anilines is 1. The van der Waals surface area contributed by atoms with E-state index in [1.54, 1.807) is 23.0 Å². The van der Waals surface area contributed by atoms with Crippen LogP contribution in [0.5, 0.6) is 0 Å². The van der Waals surface area contributed by atoms with Crippen LogP contribution < -0.4 is 5.32 Å². The molecule has 1 N–H and O–H groups in total. The highest BCUT2D eigenvalue weighted by Gasteiger charge is 2.16. The van der Waals surface area contributed by atoms with Gasteiger partial charge in [0.1, 0.15) is 5.76 Å². The lowest BCUT2D eigenvalue weighted by molar-refractivity contribution is -0.113. The predicted octanol–water partition coefficient (Wildman–Crippen LogP) is 2.52. The van der Waals surface area contributed by atoms with Gasteiger partial charge in [-0.05, 0) is 31.2 Å². The van der Waals surface area contributed by atoms with E-state index in [9.17, 15) is 13.2 Å². The van der Waals surface area contributed by atoms with Crippen molar-refractivity contribution in [2.24, 2.45) is 7.05 Å². The molecule has 0 aliphatic carbocycles. The monoisotopic (exact) mass is 406 g/mol. The Balaban J connectivity index is 1.65. The molecule has 0 aliphatic heterocycles. The van der Waals surface area contributed by atoms with E-state index in [1.807, 2.05) is 20.0 Å². The SMILES string of the molecule is Cc1occc1-c1nnc(SCC(=O)Nc2cccc(S(C)(=O)=O)c2)n1C. The Morgan fingerprint density at radius 1 is 1.30 bits per heavy atom. The van der Waals surface area contributed by atoms with Crippen molar-refractivity contribution in [2.75, 3.05) is 17.3 Å². The maximum absolute atomic E-state index is 12.2. The maximum atomic E-state index is 12.2. The van der Waals surface area contributed by atoms with Crippen molar-refractivity contribution in [3.8, 4) is 11.4 Å². The molecule has 1 aromatic carbocycles. The lowest BCUT2D eigenvalue weighted by Crippen LogP contribution is -2.14. The summed E-state index contributed by atoms with van der Waals surface area (Å²) in [6.45, 7) is 1.84. The average Bonchev–Trinajstić information content (AvgIpc) is 3.18. The van der Waals surface area contributed by atoms with Crippen LogP contribution >= 0.6 is 11.8 Å². The van der Waals surface area contributed by atoms with Gasteiger partial charge in [-0.2, -0.15) is 0 Å². The fourth-order valence-electron chi connectivity index (χ4n) is 2.42. The molecule has 1 amide bonds. The molecular formula is C17H18N4O4S2. The molecule has 8 nitrogen and oxygen atoms in total. The Morgan fingerprint density at radius 3 is 2.74 bits per heavy atom. The summed E-state index contributed by atoms with van der Waals surface area (Å²) in [6, 6.07) is 7.95. The van der Waals surface area contributed by atoms with E-state index >= 15 is 0 Å². The third-order valence-corrected chi connectivity index (χ3v) is 5.94. The minimum atomic E-state index is -3.33. The summed E-state index contributed by atoms with van der Waals surface area (Å²) in [4.78, 5) is 12.3. The number of carbonyl (C=O) groups excluding carboxylic acids is 1. The maximum Gasteiger partial charge on any atom is 0.234 e. The quantitative estimate of drug-likeness (QED) is 0.627. The van der Waals surface area contributed by atoms with Gasteiger partial charge < -0.3 is 14.3 Å². The first-order valence-corrected chi connectivity index (χ1v) is 10.8. The number of furan rings is 1. The first-order chi connectivity index (χ1) is 12.8. The lowest BCUT2D eigenvalue weighted by Gasteiger charge is -2.07. The van der Waals surface area contributed by atoms with Crippen molar-refractivity contribution < 1.29 is 17.6 Å². The predicted molar refractivity (Wildman–Crippen MR) is 102 cm³/mol. The van der Waals surface area contributed by atoms with E-state index in [2.05, 4.69) is 15.5 Å². The summed E-state index contributed by atoms with van der Waals surface area (Å²) in [6.07, 6.45) is 2.71. The van der Waals surface area contributed by atoms with E-state index in [4.69, 9.17) is 4.42 Å². The van der Waals surface area contributed by atoms with Crippen molar-refractivity contribution in [2.45, 2.75) is 17.0 Å². The average molecular weight is 406 g/mol. The Hall–Kier alpha value is -2.59. The number of hydrogen-bond acceptors (Lipinski definition) is 7. The van der Waals surface area contributed by atoms with Gasteiger partial charge >= 0.3 is 0 Å². The Kier molecular flexibility index (Phi) is 5.38. The first-order valence-electron chi connectivity index (χ1n) is 7.92. The molecule has 0 saturated heterocycles. The van der Waals surface area contributed by atoms with Crippen molar-refractivity contribution in [1.29, 1.82) is 0 Å². The molecular weight excluding hydrogens is 388 g/mol. The van der Waals surface area contributed by atoms with Gasteiger partial charge in [0.2, 0.25) is 5.91 Å². The fraction of sp³-hybridized carbons (Fsp3) is 0.235. The number of nitrogens with one attached hydrogen (secondary N) is 1. The van der Waals surface area contributed by atoms with Crippen LogP contribution in [0.3, 0.4) is 0 Å². The van der Waals surface area contributed by atoms with Crippen LogP contribution in [0.2, 0.25) is 0 Å². The number of amides is 1. The smallest absolute Gasteiger partial charge is 0.234 e. The second-order valence-electron chi connectivity index (χ2n) is 5.89. The van der Waals surface area contributed by atoms with E-state index in [0.29, 0.717) is 16.7 Å². The number of aryl methyl sites for hydroxylation is 1. The number of thioether (sulfide) groups is 1. The van der Waals surface area contributed by atoms with Crippen LogP contribution in [0.25, 0.3) is 11.4 Å². The molecule has 2 aromatic heterocycles. The molecule has 0 spiro atoms. The fourth-order valence-corrected chi connectivity index (χ4v) is 3.80. The largest absolute Gasteiger partial charge is 0.469 e. The second kappa shape index (κ2) is 7.57. The minimum absolute atomic E-state index is 0.111. The lowest BCUT2D eigenvalue weighted by atomic mass is 10.2. The zero-order valence-corrected chi connectivity index (χ0v) is 16.6. The molecule has 0 fully saturated rings. The molecule has 3 aromatic rings. The molecule has 10 heteroatoms. The van der Waals surface area contributed by atoms with Crippen molar-refractivity contribution >= 4 is 33.2 Å². The third-order valence-electron chi connectivity index (χ3n) is 3.81. The van der Waals surface area contributed by atoms with Gasteiger partial charge in [-0.3, -0.25) is 4.79 Å². The summed E-state index contributed by atoms with van der Waals surface area (Å²) in [5, 5.41) is 11.5. The van der Waals surface area contributed by atoms with Gasteiger partial charge in [-0.15, -0.1) is 10.2 Å². The van der Waals surface area contributed by atoms with Crippen LogP contribution in [0.1, 0.15) is 5.76 Å². The van der Waals surface area contributed by atoms with E-state index < -0.39 is 9.84 Å². The minimum Gasteiger partial charge on any atom is -0.469 e. The molecule has 0 bridgehead atoms. The normalized spacial score (nSPS) is 11.5. The van der Waals surface area contributed by atoms with Crippen LogP contribution in [0, 0.1) is 6.92 Å². The molecule has 0 radical (unpaired) electrons. The van der Waals surface area contributed by atoms with E-state index in [1.165, 1.54) is 23.9 Å². The summed E-state index contributed by atoms with van der Waals surface area (Å²) in [5.41, 5.74) is 1.27. The summed E-state index contributed by atoms with van der Waals surface area (Å²) >= 11 is 1.24. The Bertz CT molecular complexity index is 1090. The van der Waals surface area contributed by atoms with Crippen molar-refractivity contribution in [1.82, 2.24) is 14.8 Å². The highest BCUT2D eigenvalue weighted by molar-refractivity contribution is 7.99. The molecule has 2 heterocycles. The van der Waals surface area contributed by atoms with E-state index in [-0.39, 0.29) is 16.6 Å². The molecule has 0 saturated carbocycles. The van der Waals surface area contributed by atoms with Crippen molar-refractivity contribution in [3.05, 3.63) is 42.4 Å². The Morgan fingerprint density at radius 2 is 2.07 bits per heavy atom. The van der Waals surface area contributed by atoms with E-state index in [0.717, 1.165) is 17.6 Å². The third kappa shape index (κ3) is 4.40. The summed E-state index contributed by atoms with van der Waals surface area (Å²) in [5.74, 6) is 1.24. The summed E-state index contributed by atoms with van der Waals surface area (Å²) < 4.78 is 30.3. The molecule has 0 unspecified atom stereocenters. The highest BCUT2D eigenvalue weighted by atomic mass is 32.2. The zero-order valence-electron chi connectivity index (χ0n) is 15.0. The van der Waals surface area contributed by atoms with Crippen LogP contribution in [0.4, 0.5) is 5.69 Å². The van der Waals surface area contributed by atoms with Gasteiger partial charge in [0, 0.05) is 19.0 Å². The number of carbonyl (C=O) groups is 1. The van der Waals surface area contributed by atoms with Gasteiger partial charge in [-0.1, -0.05) is 17.8 Å². The standard InChI is InChI=1S/C17H18N4O4S2/c1-11-14(7-8-25-11)16-19-20-17(21(16)2)26-10-15(22)18-12-5-4-6-13(9-12)27(3,23)24/h4-9H,10H2,1-3H3,(H,18,22). The Labute approximate surface area is 160 Å². The van der Waals surface area contributed by atoms with Crippen LogP contribution in [-0.4, -0.2) is 41.1 Å². The zero-order chi connectivity index (χ0) is 19.6. The number of hydrogen-bond donors (Lipinski definition) is 1. The van der Waals surface area contributed by atoms with Gasteiger partial charge in [0.25, 0.3) is 0 Å². The van der Waals surface area contributed by atoms with Gasteiger partial charge in [0.15, 0.2) is 20.8 Å². The number of sulfone groups is 1. The number of nitrogens with zero attached hydrogens (tertiary/aromatic N) is 3. The van der Waals surface area contributed by atoms with Gasteiger partial charge in [-0.25, -0.2) is 8.42 Å². The van der Waals surface area contributed by atoms with Gasteiger partial charge in [0.05, 0.1) is 22.5 Å². The number of aromatic nitrogens is 3. The second-order valence-corrected chi connectivity index (χ2v) is 8.85. The molecule has 142 valence electrons. The highest BCUT2D eigenvalue weighted by Crippen LogP contribution is 2.26. The molecule has 3 rings (SSSR count). The topological polar surface area (TPSA) is 107 Å². The number of rotatable bonds is 6. The molecule has 27 heavy (non-hydrogen) atoms. The van der Waals surface area contributed by atoms with Crippen LogP contribution in [0.15, 0.2) is 51.1 Å².